The molecule has 3 aromatic heterocycles. The first-order chi connectivity index (χ1) is 15.4. The maximum atomic E-state index is 13.1. The molecular weight excluding hydrogens is 460 g/mol. The summed E-state index contributed by atoms with van der Waals surface area (Å²) in [5.74, 6) is -0.104. The van der Waals surface area contributed by atoms with Crippen molar-refractivity contribution in [3.63, 3.8) is 0 Å². The summed E-state index contributed by atoms with van der Waals surface area (Å²) in [6.07, 6.45) is 6.91. The van der Waals surface area contributed by atoms with Gasteiger partial charge >= 0.3 is 0 Å². The summed E-state index contributed by atoms with van der Waals surface area (Å²) in [5, 5.41) is 14.4. The quantitative estimate of drug-likeness (QED) is 0.225. The van der Waals surface area contributed by atoms with Gasteiger partial charge in [-0.3, -0.25) is 14.2 Å². The third-order valence-corrected chi connectivity index (χ3v) is 8.97. The number of nitriles is 1. The zero-order valence-electron chi connectivity index (χ0n) is 18.1. The van der Waals surface area contributed by atoms with Crippen LogP contribution in [0.2, 0.25) is 0 Å². The van der Waals surface area contributed by atoms with Crippen molar-refractivity contribution in [3.05, 3.63) is 49.5 Å². The first-order valence-electron chi connectivity index (χ1n) is 10.5. The van der Waals surface area contributed by atoms with E-state index in [1.54, 1.807) is 10.6 Å². The van der Waals surface area contributed by atoms with Gasteiger partial charge in [0.05, 0.1) is 16.7 Å². The van der Waals surface area contributed by atoms with Gasteiger partial charge in [-0.1, -0.05) is 24.3 Å². The topological polar surface area (TPSA) is 87.8 Å². The molecule has 0 radical (unpaired) electrons. The first-order valence-corrected chi connectivity index (χ1v) is 13.1. The lowest BCUT2D eigenvalue weighted by atomic mass is 10.1. The number of aromatic nitrogens is 2. The van der Waals surface area contributed by atoms with E-state index in [4.69, 9.17) is 0 Å². The van der Waals surface area contributed by atoms with Gasteiger partial charge in [0.25, 0.3) is 5.56 Å². The van der Waals surface area contributed by atoms with Gasteiger partial charge in [-0.05, 0) is 50.7 Å². The third-order valence-electron chi connectivity index (χ3n) is 5.68. The van der Waals surface area contributed by atoms with Crippen molar-refractivity contribution in [2.45, 2.75) is 57.7 Å². The van der Waals surface area contributed by atoms with E-state index in [0.29, 0.717) is 32.5 Å². The molecule has 3 aromatic rings. The molecule has 9 heteroatoms. The Hall–Kier alpha value is -2.41. The van der Waals surface area contributed by atoms with Crippen LogP contribution in [0.3, 0.4) is 0 Å². The Morgan fingerprint density at radius 1 is 1.31 bits per heavy atom. The third kappa shape index (κ3) is 4.27. The second kappa shape index (κ2) is 9.61. The van der Waals surface area contributed by atoms with Crippen LogP contribution in [0.5, 0.6) is 0 Å². The maximum absolute atomic E-state index is 13.1. The molecule has 1 amide bonds. The molecule has 0 unspecified atom stereocenters. The number of thioether (sulfide) groups is 1. The summed E-state index contributed by atoms with van der Waals surface area (Å²) in [7, 11) is 0. The number of rotatable bonds is 6. The summed E-state index contributed by atoms with van der Waals surface area (Å²) < 4.78 is 1.57. The number of hydrogen-bond donors (Lipinski definition) is 1. The number of thiophene rings is 2. The average molecular weight is 485 g/mol. The minimum Gasteiger partial charge on any atom is -0.316 e. The smallest absolute Gasteiger partial charge is 0.263 e. The Morgan fingerprint density at radius 2 is 2.09 bits per heavy atom. The molecule has 1 aliphatic rings. The van der Waals surface area contributed by atoms with Crippen LogP contribution in [0.15, 0.2) is 22.6 Å². The van der Waals surface area contributed by atoms with E-state index in [9.17, 15) is 14.9 Å². The number of carbonyl (C=O) groups is 1. The second-order valence-electron chi connectivity index (χ2n) is 7.78. The van der Waals surface area contributed by atoms with Crippen LogP contribution in [0.1, 0.15) is 45.7 Å². The van der Waals surface area contributed by atoms with Crippen LogP contribution < -0.4 is 10.9 Å². The van der Waals surface area contributed by atoms with Gasteiger partial charge in [-0.15, -0.1) is 29.3 Å². The molecule has 0 atom stereocenters. The molecule has 0 fully saturated rings. The summed E-state index contributed by atoms with van der Waals surface area (Å²) in [5.41, 5.74) is 2.57. The number of nitrogens with one attached hydrogen (secondary N) is 1. The van der Waals surface area contributed by atoms with Crippen LogP contribution in [0.4, 0.5) is 5.00 Å². The zero-order chi connectivity index (χ0) is 22.8. The van der Waals surface area contributed by atoms with Crippen molar-refractivity contribution in [1.29, 1.82) is 5.26 Å². The van der Waals surface area contributed by atoms with Gasteiger partial charge in [0.15, 0.2) is 5.16 Å². The molecular formula is C23H24N4O2S3. The van der Waals surface area contributed by atoms with E-state index in [1.165, 1.54) is 45.7 Å². The molecule has 0 aromatic carbocycles. The number of nitrogens with zero attached hydrogens (tertiary/aromatic N) is 3. The predicted molar refractivity (Wildman–Crippen MR) is 133 cm³/mol. The van der Waals surface area contributed by atoms with E-state index in [1.807, 2.05) is 13.8 Å². The van der Waals surface area contributed by atoms with E-state index in [2.05, 4.69) is 22.9 Å². The van der Waals surface area contributed by atoms with Crippen molar-refractivity contribution < 1.29 is 4.79 Å². The lowest BCUT2D eigenvalue weighted by Crippen LogP contribution is -2.23. The van der Waals surface area contributed by atoms with Crippen LogP contribution in [0.25, 0.3) is 10.2 Å². The zero-order valence-corrected chi connectivity index (χ0v) is 20.6. The predicted octanol–water partition coefficient (Wildman–Crippen LogP) is 5.19. The molecule has 0 saturated carbocycles. The van der Waals surface area contributed by atoms with Gasteiger partial charge in [0.2, 0.25) is 5.91 Å². The summed E-state index contributed by atoms with van der Waals surface area (Å²) in [4.78, 5) is 33.5. The Labute approximate surface area is 199 Å². The highest BCUT2D eigenvalue weighted by molar-refractivity contribution is 7.99. The van der Waals surface area contributed by atoms with Gasteiger partial charge in [-0.2, -0.15) is 5.26 Å². The van der Waals surface area contributed by atoms with E-state index < -0.39 is 0 Å². The maximum Gasteiger partial charge on any atom is 0.263 e. The monoisotopic (exact) mass is 484 g/mol. The first kappa shape index (κ1) is 22.8. The second-order valence-corrected chi connectivity index (χ2v) is 11.0. The minimum absolute atomic E-state index is 0.103. The highest BCUT2D eigenvalue weighted by Crippen LogP contribution is 2.37. The molecule has 4 rings (SSSR count). The Bertz CT molecular complexity index is 1310. The molecule has 1 N–H and O–H groups in total. The fourth-order valence-electron chi connectivity index (χ4n) is 3.95. The lowest BCUT2D eigenvalue weighted by molar-refractivity contribution is -0.113. The van der Waals surface area contributed by atoms with Crippen LogP contribution in [0, 0.1) is 25.2 Å². The highest BCUT2D eigenvalue weighted by Gasteiger charge is 2.22. The molecule has 32 heavy (non-hydrogen) atoms. The molecule has 6 nitrogen and oxygen atoms in total. The number of allylic oxidation sites excluding steroid dienone is 1. The van der Waals surface area contributed by atoms with Gasteiger partial charge in [-0.25, -0.2) is 4.98 Å². The van der Waals surface area contributed by atoms with E-state index >= 15 is 0 Å². The Balaban J connectivity index is 1.56. The summed E-state index contributed by atoms with van der Waals surface area (Å²) in [6, 6.07) is 2.29. The van der Waals surface area contributed by atoms with Crippen molar-refractivity contribution in [2.24, 2.45) is 0 Å². The lowest BCUT2D eigenvalue weighted by Gasteiger charge is -2.10. The average Bonchev–Trinajstić information content (AvgIpc) is 3.13. The summed E-state index contributed by atoms with van der Waals surface area (Å²) in [6.45, 7) is 8.00. The van der Waals surface area contributed by atoms with Gasteiger partial charge in [0.1, 0.15) is 15.9 Å². The van der Waals surface area contributed by atoms with Crippen LogP contribution >= 0.6 is 34.4 Å². The molecule has 166 valence electrons. The molecule has 0 bridgehead atoms. The highest BCUT2D eigenvalue weighted by atomic mass is 32.2. The van der Waals surface area contributed by atoms with Crippen LogP contribution in [-0.2, 0) is 24.2 Å². The summed E-state index contributed by atoms with van der Waals surface area (Å²) >= 11 is 4.25. The van der Waals surface area contributed by atoms with Crippen molar-refractivity contribution in [3.8, 4) is 6.07 Å². The number of fused-ring (bicyclic) bond motifs is 2. The Morgan fingerprint density at radius 3 is 2.84 bits per heavy atom. The van der Waals surface area contributed by atoms with E-state index in [-0.39, 0.29) is 17.2 Å². The molecule has 0 aliphatic heterocycles. The van der Waals surface area contributed by atoms with E-state index in [0.717, 1.165) is 41.7 Å². The number of aryl methyl sites for hydroxylation is 3. The fourth-order valence-corrected chi connectivity index (χ4v) is 7.09. The molecule has 3 heterocycles. The van der Waals surface area contributed by atoms with Crippen molar-refractivity contribution in [1.82, 2.24) is 9.55 Å². The van der Waals surface area contributed by atoms with Gasteiger partial charge in [0, 0.05) is 16.3 Å². The number of anilines is 1. The standard InChI is InChI=1S/C23H24N4O2S3/c1-4-10-27-22(29)19-13(2)14(3)31-21(19)26-23(27)30-12-18(28)25-20-16(11-24)15-8-6-5-7-9-17(15)32-20/h4H,1,5-10,12H2,2-3H3,(H,25,28). The van der Waals surface area contributed by atoms with Crippen molar-refractivity contribution in [2.75, 3.05) is 11.1 Å². The fraction of sp³-hybridized carbons (Fsp3) is 0.391. The molecule has 0 spiro atoms. The molecule has 1 aliphatic carbocycles. The molecule has 0 saturated heterocycles. The number of hydrogen-bond acceptors (Lipinski definition) is 7. The SMILES string of the molecule is C=CCn1c(SCC(=O)Nc2sc3c(c2C#N)CCCCC3)nc2sc(C)c(C)c2c1=O. The Kier molecular flexibility index (Phi) is 6.84. The normalized spacial score (nSPS) is 13.4. The largest absolute Gasteiger partial charge is 0.316 e. The minimum atomic E-state index is -0.207. The number of amides is 1. The van der Waals surface area contributed by atoms with Gasteiger partial charge < -0.3 is 5.32 Å². The van der Waals surface area contributed by atoms with Crippen molar-refractivity contribution >= 4 is 55.6 Å². The van der Waals surface area contributed by atoms with Crippen LogP contribution in [-0.4, -0.2) is 21.2 Å². The number of carbonyl (C=O) groups excluding carboxylic acids is 1.